The van der Waals surface area contributed by atoms with Gasteiger partial charge >= 0.3 is 0 Å². The van der Waals surface area contributed by atoms with Gasteiger partial charge in [-0.05, 0) is 35.8 Å². The van der Waals surface area contributed by atoms with Gasteiger partial charge < -0.3 is 5.11 Å². The molecule has 0 amide bonds. The van der Waals surface area contributed by atoms with Crippen molar-refractivity contribution in [2.45, 2.75) is 43.6 Å². The van der Waals surface area contributed by atoms with Crippen LogP contribution in [0.15, 0.2) is 24.3 Å². The van der Waals surface area contributed by atoms with E-state index in [1.807, 2.05) is 0 Å². The van der Waals surface area contributed by atoms with E-state index >= 15 is 0 Å². The van der Waals surface area contributed by atoms with E-state index in [0.29, 0.717) is 11.8 Å². The van der Waals surface area contributed by atoms with E-state index in [0.717, 1.165) is 0 Å². The highest BCUT2D eigenvalue weighted by Crippen LogP contribution is 2.73. The minimum atomic E-state index is -0.123. The van der Waals surface area contributed by atoms with Gasteiger partial charge in [0.15, 0.2) is 0 Å². The second-order valence-electron chi connectivity index (χ2n) is 6.24. The van der Waals surface area contributed by atoms with Gasteiger partial charge in [-0.25, -0.2) is 0 Å². The van der Waals surface area contributed by atoms with Crippen LogP contribution in [0.3, 0.4) is 0 Å². The van der Waals surface area contributed by atoms with Crippen molar-refractivity contribution in [2.75, 3.05) is 0 Å². The second-order valence-corrected chi connectivity index (χ2v) is 6.24. The van der Waals surface area contributed by atoms with E-state index in [4.69, 9.17) is 0 Å². The lowest BCUT2D eigenvalue weighted by molar-refractivity contribution is 0.0973. The monoisotopic (exact) mass is 214 g/mol. The summed E-state index contributed by atoms with van der Waals surface area (Å²) >= 11 is 0. The molecule has 3 aliphatic rings. The van der Waals surface area contributed by atoms with Crippen molar-refractivity contribution < 1.29 is 5.11 Å². The molecule has 1 N–H and O–H groups in total. The van der Waals surface area contributed by atoms with Gasteiger partial charge in [-0.15, -0.1) is 0 Å². The summed E-state index contributed by atoms with van der Waals surface area (Å²) in [6.45, 7) is 4.57. The lowest BCUT2D eigenvalue weighted by Crippen LogP contribution is -2.31. The molecule has 2 fully saturated rings. The number of fused-ring (bicyclic) bond motifs is 3. The molecule has 0 saturated heterocycles. The first-order chi connectivity index (χ1) is 7.64. The molecule has 0 radical (unpaired) electrons. The van der Waals surface area contributed by atoms with Gasteiger partial charge in [0.25, 0.3) is 0 Å². The second kappa shape index (κ2) is 2.38. The smallest absolute Gasteiger partial charge is 0.0738 e. The Morgan fingerprint density at radius 2 is 1.38 bits per heavy atom. The molecule has 4 rings (SSSR count). The Morgan fingerprint density at radius 1 is 1.00 bits per heavy atom. The summed E-state index contributed by atoms with van der Waals surface area (Å²) in [5.74, 6) is 1.33. The predicted molar refractivity (Wildman–Crippen MR) is 63.4 cm³/mol. The third kappa shape index (κ3) is 0.718. The van der Waals surface area contributed by atoms with Crippen LogP contribution in [-0.2, 0) is 10.8 Å². The molecule has 0 aromatic heterocycles. The Labute approximate surface area is 96.5 Å². The SMILES string of the molecule is CC1CC12c1ccccc1C1(CC1C)C2O. The minimum absolute atomic E-state index is 0.123. The summed E-state index contributed by atoms with van der Waals surface area (Å²) in [7, 11) is 0. The fourth-order valence-electron chi connectivity index (χ4n) is 4.46. The molecule has 0 bridgehead atoms. The van der Waals surface area contributed by atoms with Gasteiger partial charge in [-0.3, -0.25) is 0 Å². The van der Waals surface area contributed by atoms with E-state index in [1.165, 1.54) is 24.0 Å². The lowest BCUT2D eigenvalue weighted by Gasteiger charge is -2.20. The Morgan fingerprint density at radius 3 is 1.69 bits per heavy atom. The van der Waals surface area contributed by atoms with Crippen LogP contribution in [0.4, 0.5) is 0 Å². The van der Waals surface area contributed by atoms with Crippen molar-refractivity contribution in [3.05, 3.63) is 35.4 Å². The van der Waals surface area contributed by atoms with E-state index in [1.54, 1.807) is 0 Å². The number of hydrogen-bond donors (Lipinski definition) is 1. The third-order valence-electron chi connectivity index (χ3n) is 5.63. The highest BCUT2D eigenvalue weighted by atomic mass is 16.3. The van der Waals surface area contributed by atoms with E-state index in [2.05, 4.69) is 38.1 Å². The van der Waals surface area contributed by atoms with Crippen molar-refractivity contribution in [1.82, 2.24) is 0 Å². The van der Waals surface area contributed by atoms with Crippen LogP contribution in [-0.4, -0.2) is 11.2 Å². The molecule has 3 aliphatic carbocycles. The Kier molecular flexibility index (Phi) is 1.37. The van der Waals surface area contributed by atoms with E-state index in [-0.39, 0.29) is 16.9 Å². The first-order valence-electron chi connectivity index (χ1n) is 6.42. The normalized spacial score (nSPS) is 52.1. The molecule has 1 nitrogen and oxygen atoms in total. The number of benzene rings is 1. The van der Waals surface area contributed by atoms with Gasteiger partial charge in [0.1, 0.15) is 0 Å². The van der Waals surface area contributed by atoms with Gasteiger partial charge in [-0.2, -0.15) is 0 Å². The van der Waals surface area contributed by atoms with Gasteiger partial charge in [0.05, 0.1) is 6.10 Å². The van der Waals surface area contributed by atoms with Crippen LogP contribution < -0.4 is 0 Å². The fourth-order valence-corrected chi connectivity index (χ4v) is 4.46. The highest BCUT2D eigenvalue weighted by Gasteiger charge is 2.74. The molecule has 1 aromatic carbocycles. The Bertz CT molecular complexity index is 437. The van der Waals surface area contributed by atoms with Crippen molar-refractivity contribution >= 4 is 0 Å². The summed E-state index contributed by atoms with van der Waals surface area (Å²) in [6.07, 6.45) is 2.24. The fraction of sp³-hybridized carbons (Fsp3) is 0.600. The van der Waals surface area contributed by atoms with Crippen molar-refractivity contribution in [3.8, 4) is 0 Å². The summed E-state index contributed by atoms with van der Waals surface area (Å²) in [5.41, 5.74) is 3.17. The predicted octanol–water partition coefficient (Wildman–Crippen LogP) is 2.62. The van der Waals surface area contributed by atoms with Crippen molar-refractivity contribution in [1.29, 1.82) is 0 Å². The van der Waals surface area contributed by atoms with Crippen molar-refractivity contribution in [2.24, 2.45) is 11.8 Å². The average Bonchev–Trinajstić information content (AvgIpc) is 3.13. The third-order valence-corrected chi connectivity index (χ3v) is 5.63. The Hall–Kier alpha value is -0.820. The number of rotatable bonds is 0. The maximum atomic E-state index is 10.8. The zero-order chi connectivity index (χ0) is 11.1. The van der Waals surface area contributed by atoms with Crippen LogP contribution in [0.2, 0.25) is 0 Å². The van der Waals surface area contributed by atoms with Crippen LogP contribution in [0.5, 0.6) is 0 Å². The van der Waals surface area contributed by atoms with E-state index in [9.17, 15) is 5.11 Å². The molecule has 4 atom stereocenters. The molecule has 2 spiro atoms. The van der Waals surface area contributed by atoms with Crippen LogP contribution >= 0.6 is 0 Å². The molecule has 84 valence electrons. The van der Waals surface area contributed by atoms with Crippen LogP contribution in [0, 0.1) is 11.8 Å². The zero-order valence-corrected chi connectivity index (χ0v) is 9.90. The first kappa shape index (κ1) is 9.23. The molecule has 0 aliphatic heterocycles. The summed E-state index contributed by atoms with van der Waals surface area (Å²) in [6, 6.07) is 8.76. The minimum Gasteiger partial charge on any atom is -0.391 e. The molecule has 16 heavy (non-hydrogen) atoms. The standard InChI is InChI=1S/C15H18O/c1-9-7-14(9)11-5-3-4-6-12(11)15(13(14)16)8-10(15)2/h3-6,9-10,13,16H,7-8H2,1-2H3. The van der Waals surface area contributed by atoms with Crippen LogP contribution in [0.25, 0.3) is 0 Å². The summed E-state index contributed by atoms with van der Waals surface area (Å²) in [5, 5.41) is 10.8. The number of hydrogen-bond acceptors (Lipinski definition) is 1. The molecule has 2 saturated carbocycles. The van der Waals surface area contributed by atoms with Gasteiger partial charge in [0.2, 0.25) is 0 Å². The van der Waals surface area contributed by atoms with Crippen molar-refractivity contribution in [3.63, 3.8) is 0 Å². The Balaban J connectivity index is 1.98. The molecular formula is C15H18O. The number of aliphatic hydroxyl groups excluding tert-OH is 1. The molecular weight excluding hydrogens is 196 g/mol. The largest absolute Gasteiger partial charge is 0.391 e. The van der Waals surface area contributed by atoms with E-state index < -0.39 is 0 Å². The van der Waals surface area contributed by atoms with Gasteiger partial charge in [-0.1, -0.05) is 38.1 Å². The molecule has 1 aromatic rings. The van der Waals surface area contributed by atoms with Gasteiger partial charge in [0, 0.05) is 10.8 Å². The summed E-state index contributed by atoms with van der Waals surface area (Å²) in [4.78, 5) is 0. The molecule has 4 unspecified atom stereocenters. The zero-order valence-electron chi connectivity index (χ0n) is 9.90. The lowest BCUT2D eigenvalue weighted by atomic mass is 9.89. The number of aliphatic hydroxyl groups is 1. The highest BCUT2D eigenvalue weighted by molar-refractivity contribution is 5.57. The molecule has 0 heterocycles. The average molecular weight is 214 g/mol. The first-order valence-corrected chi connectivity index (χ1v) is 6.42. The van der Waals surface area contributed by atoms with Crippen LogP contribution in [0.1, 0.15) is 37.8 Å². The summed E-state index contributed by atoms with van der Waals surface area (Å²) < 4.78 is 0. The maximum Gasteiger partial charge on any atom is 0.0738 e. The topological polar surface area (TPSA) is 20.2 Å². The molecule has 1 heteroatoms. The maximum absolute atomic E-state index is 10.8. The quantitative estimate of drug-likeness (QED) is 0.704.